The molecule has 0 radical (unpaired) electrons. The lowest BCUT2D eigenvalue weighted by Gasteiger charge is -2.14. The predicted molar refractivity (Wildman–Crippen MR) is 98.0 cm³/mol. The maximum Gasteiger partial charge on any atom is 0.280 e. The predicted octanol–water partition coefficient (Wildman–Crippen LogP) is 2.03. The Hall–Kier alpha value is -3.74. The zero-order chi connectivity index (χ0) is 17.9. The van der Waals surface area contributed by atoms with E-state index in [0.29, 0.717) is 16.7 Å². The van der Waals surface area contributed by atoms with Crippen LogP contribution < -0.4 is 11.0 Å². The van der Waals surface area contributed by atoms with Crippen molar-refractivity contribution in [3.8, 4) is 11.4 Å². The molecular weight excluding hydrogens is 330 g/mol. The molecule has 0 bridgehead atoms. The van der Waals surface area contributed by atoms with Crippen molar-refractivity contribution < 1.29 is 4.79 Å². The maximum atomic E-state index is 12.9. The van der Waals surface area contributed by atoms with Gasteiger partial charge in [0, 0.05) is 18.0 Å². The monoisotopic (exact) mass is 345 g/mol. The summed E-state index contributed by atoms with van der Waals surface area (Å²) in [6.45, 7) is 0.0491. The Morgan fingerprint density at radius 2 is 1.81 bits per heavy atom. The molecule has 0 saturated carbocycles. The third-order valence-electron chi connectivity index (χ3n) is 3.93. The number of carbonyl (C=O) groups is 1. The van der Waals surface area contributed by atoms with E-state index < -0.39 is 0 Å². The van der Waals surface area contributed by atoms with Crippen LogP contribution in [0.25, 0.3) is 22.3 Å². The van der Waals surface area contributed by atoms with Gasteiger partial charge in [0.25, 0.3) is 11.5 Å². The first-order valence-corrected chi connectivity index (χ1v) is 8.05. The van der Waals surface area contributed by atoms with Gasteiger partial charge in [0.1, 0.15) is 6.54 Å². The molecule has 128 valence electrons. The molecule has 7 nitrogen and oxygen atoms in total. The van der Waals surface area contributed by atoms with Crippen molar-refractivity contribution in [2.24, 2.45) is 0 Å². The maximum absolute atomic E-state index is 12.9. The number of carbonyl (C=O) groups excluding carboxylic acids is 1. The summed E-state index contributed by atoms with van der Waals surface area (Å²) in [6, 6.07) is 16.3. The van der Waals surface area contributed by atoms with Crippen molar-refractivity contribution in [2.75, 3.05) is 5.43 Å². The van der Waals surface area contributed by atoms with Gasteiger partial charge in [-0.25, -0.2) is 9.97 Å². The molecule has 2 aromatic heterocycles. The number of fused-ring (bicyclic) bond motifs is 1. The average molecular weight is 345 g/mol. The number of hydrogen-bond donors (Lipinski definition) is 1. The Bertz CT molecular complexity index is 1120. The number of para-hydroxylation sites is 1. The van der Waals surface area contributed by atoms with Gasteiger partial charge >= 0.3 is 0 Å². The Morgan fingerprint density at radius 3 is 2.58 bits per heavy atom. The number of benzene rings is 2. The summed E-state index contributed by atoms with van der Waals surface area (Å²) in [4.78, 5) is 33.8. The molecule has 1 N–H and O–H groups in total. The van der Waals surface area contributed by atoms with Crippen LogP contribution in [0.2, 0.25) is 0 Å². The van der Waals surface area contributed by atoms with Crippen molar-refractivity contribution in [3.63, 3.8) is 0 Å². The van der Waals surface area contributed by atoms with Crippen molar-refractivity contribution in [3.05, 3.63) is 83.7 Å². The lowest BCUT2D eigenvalue weighted by atomic mass is 10.2. The third-order valence-corrected chi connectivity index (χ3v) is 3.93. The minimum absolute atomic E-state index is 0.0491. The van der Waals surface area contributed by atoms with Gasteiger partial charge in [0.05, 0.1) is 17.2 Å². The number of hydrogen-bond acceptors (Lipinski definition) is 4. The van der Waals surface area contributed by atoms with Gasteiger partial charge in [-0.1, -0.05) is 42.5 Å². The van der Waals surface area contributed by atoms with E-state index in [0.717, 1.165) is 5.56 Å². The molecular formula is C19H15N5O2. The largest absolute Gasteiger partial charge is 0.328 e. The van der Waals surface area contributed by atoms with Crippen LogP contribution in [0, 0.1) is 0 Å². The van der Waals surface area contributed by atoms with E-state index in [2.05, 4.69) is 15.4 Å². The molecule has 0 unspecified atom stereocenters. The van der Waals surface area contributed by atoms with E-state index in [4.69, 9.17) is 0 Å². The second kappa shape index (κ2) is 6.64. The standard InChI is InChI=1S/C19H15N5O2/c25-17(12-23-11-10-20-13-23)22-24-18(14-6-2-1-3-7-14)21-16-9-5-4-8-15(16)19(24)26/h1-11,13H,12H2,(H,22,25). The van der Waals surface area contributed by atoms with Crippen LogP contribution in [0.3, 0.4) is 0 Å². The van der Waals surface area contributed by atoms with E-state index in [1.54, 1.807) is 41.5 Å². The minimum atomic E-state index is -0.348. The number of rotatable bonds is 4. The normalized spacial score (nSPS) is 10.8. The summed E-state index contributed by atoms with van der Waals surface area (Å²) < 4.78 is 2.83. The number of imidazole rings is 1. The zero-order valence-corrected chi connectivity index (χ0v) is 13.7. The first-order valence-electron chi connectivity index (χ1n) is 8.05. The van der Waals surface area contributed by atoms with Crippen molar-refractivity contribution in [1.82, 2.24) is 19.2 Å². The quantitative estimate of drug-likeness (QED) is 0.614. The first kappa shape index (κ1) is 15.8. The molecule has 0 aliphatic rings. The Kier molecular flexibility index (Phi) is 4.03. The van der Waals surface area contributed by atoms with Gasteiger partial charge in [-0.15, -0.1) is 0 Å². The summed E-state index contributed by atoms with van der Waals surface area (Å²) in [5.74, 6) is 0.0349. The highest BCUT2D eigenvalue weighted by molar-refractivity contribution is 5.86. The lowest BCUT2D eigenvalue weighted by molar-refractivity contribution is -0.117. The van der Waals surface area contributed by atoms with Crippen LogP contribution in [0.1, 0.15) is 0 Å². The summed E-state index contributed by atoms with van der Waals surface area (Å²) in [6.07, 6.45) is 4.81. The van der Waals surface area contributed by atoms with E-state index in [-0.39, 0.29) is 18.0 Å². The van der Waals surface area contributed by atoms with Crippen molar-refractivity contribution in [1.29, 1.82) is 0 Å². The first-order chi connectivity index (χ1) is 12.7. The van der Waals surface area contributed by atoms with Crippen LogP contribution in [-0.2, 0) is 11.3 Å². The lowest BCUT2D eigenvalue weighted by Crippen LogP contribution is -2.36. The fourth-order valence-corrected chi connectivity index (χ4v) is 2.72. The van der Waals surface area contributed by atoms with E-state index in [1.165, 1.54) is 4.68 Å². The van der Waals surface area contributed by atoms with Gasteiger partial charge in [-0.05, 0) is 12.1 Å². The molecule has 1 amide bonds. The van der Waals surface area contributed by atoms with E-state index >= 15 is 0 Å². The van der Waals surface area contributed by atoms with Gasteiger partial charge in [-0.3, -0.25) is 15.0 Å². The summed E-state index contributed by atoms with van der Waals surface area (Å²) in [5, 5.41) is 0.440. The molecule has 4 rings (SSSR count). The van der Waals surface area contributed by atoms with Crippen LogP contribution in [-0.4, -0.2) is 25.1 Å². The number of nitrogens with zero attached hydrogens (tertiary/aromatic N) is 4. The number of nitrogens with one attached hydrogen (secondary N) is 1. The molecule has 2 heterocycles. The Balaban J connectivity index is 1.82. The van der Waals surface area contributed by atoms with Crippen LogP contribution in [0.5, 0.6) is 0 Å². The molecule has 0 atom stereocenters. The topological polar surface area (TPSA) is 81.8 Å². The van der Waals surface area contributed by atoms with E-state index in [1.807, 2.05) is 36.4 Å². The Labute approximate surface area is 148 Å². The van der Waals surface area contributed by atoms with Crippen molar-refractivity contribution >= 4 is 16.8 Å². The highest BCUT2D eigenvalue weighted by Crippen LogP contribution is 2.17. The fraction of sp³-hybridized carbons (Fsp3) is 0.0526. The third kappa shape index (κ3) is 2.98. The van der Waals surface area contributed by atoms with Gasteiger partial charge in [0.15, 0.2) is 5.82 Å². The molecule has 0 fully saturated rings. The molecule has 2 aromatic carbocycles. The molecule has 0 spiro atoms. The molecule has 0 aliphatic carbocycles. The van der Waals surface area contributed by atoms with Gasteiger partial charge < -0.3 is 4.57 Å². The van der Waals surface area contributed by atoms with E-state index in [9.17, 15) is 9.59 Å². The molecule has 7 heteroatoms. The van der Waals surface area contributed by atoms with Crippen LogP contribution in [0.4, 0.5) is 0 Å². The van der Waals surface area contributed by atoms with Crippen LogP contribution in [0.15, 0.2) is 78.1 Å². The molecule has 0 aliphatic heterocycles. The smallest absolute Gasteiger partial charge is 0.280 e. The highest BCUT2D eigenvalue weighted by Gasteiger charge is 2.14. The molecule has 0 saturated heterocycles. The highest BCUT2D eigenvalue weighted by atomic mass is 16.2. The Morgan fingerprint density at radius 1 is 1.04 bits per heavy atom. The van der Waals surface area contributed by atoms with Gasteiger partial charge in [0.2, 0.25) is 0 Å². The fourth-order valence-electron chi connectivity index (χ4n) is 2.72. The number of amides is 1. The second-order valence-corrected chi connectivity index (χ2v) is 5.73. The summed E-state index contributed by atoms with van der Waals surface area (Å²) in [7, 11) is 0. The molecule has 26 heavy (non-hydrogen) atoms. The SMILES string of the molecule is O=C(Cn1ccnc1)Nn1c(-c2ccccc2)nc2ccccc2c1=O. The van der Waals surface area contributed by atoms with Crippen molar-refractivity contribution in [2.45, 2.75) is 6.54 Å². The summed E-state index contributed by atoms with van der Waals surface area (Å²) in [5.41, 5.74) is 3.65. The average Bonchev–Trinajstić information content (AvgIpc) is 3.17. The second-order valence-electron chi connectivity index (χ2n) is 5.73. The zero-order valence-electron chi connectivity index (χ0n) is 13.7. The molecule has 4 aromatic rings. The minimum Gasteiger partial charge on any atom is -0.328 e. The summed E-state index contributed by atoms with van der Waals surface area (Å²) >= 11 is 0. The number of aromatic nitrogens is 4. The van der Waals surface area contributed by atoms with Crippen LogP contribution >= 0.6 is 0 Å². The van der Waals surface area contributed by atoms with Gasteiger partial charge in [-0.2, -0.15) is 4.68 Å².